The van der Waals surface area contributed by atoms with Crippen LogP contribution in [0, 0.1) is 0 Å². The molecule has 0 spiro atoms. The van der Waals surface area contributed by atoms with Gasteiger partial charge in [0, 0.05) is 16.5 Å². The van der Waals surface area contributed by atoms with Crippen LogP contribution in [0.4, 0.5) is 5.82 Å². The standard InChI is InChI=1S/C24H21ClN4O2/c1-15(16-12-13-21(30-2)22(14-16)31-3)28-29-24-18-9-5-7-11-20(18)26-23(27-24)17-8-4-6-10-19(17)25/h4-14H,1-3H3,(H,26,27,29)/b28-15-. The van der Waals surface area contributed by atoms with E-state index in [2.05, 4.69) is 15.5 Å². The summed E-state index contributed by atoms with van der Waals surface area (Å²) in [5, 5.41) is 6.00. The van der Waals surface area contributed by atoms with E-state index in [1.165, 1.54) is 0 Å². The minimum atomic E-state index is 0.533. The first-order valence-electron chi connectivity index (χ1n) is 9.65. The number of aromatic nitrogens is 2. The van der Waals surface area contributed by atoms with Gasteiger partial charge in [-0.05, 0) is 49.4 Å². The van der Waals surface area contributed by atoms with E-state index >= 15 is 0 Å². The summed E-state index contributed by atoms with van der Waals surface area (Å²) in [4.78, 5) is 9.38. The molecule has 0 radical (unpaired) electrons. The lowest BCUT2D eigenvalue weighted by molar-refractivity contribution is 0.355. The molecule has 3 aromatic carbocycles. The molecule has 0 atom stereocenters. The van der Waals surface area contributed by atoms with Gasteiger partial charge in [-0.3, -0.25) is 5.43 Å². The summed E-state index contributed by atoms with van der Waals surface area (Å²) in [5.74, 6) is 2.44. The largest absolute Gasteiger partial charge is 0.493 e. The van der Waals surface area contributed by atoms with Crippen molar-refractivity contribution in [2.24, 2.45) is 5.10 Å². The number of ether oxygens (including phenoxy) is 2. The number of nitrogens with zero attached hydrogens (tertiary/aromatic N) is 3. The average molecular weight is 433 g/mol. The number of para-hydroxylation sites is 1. The summed E-state index contributed by atoms with van der Waals surface area (Å²) in [7, 11) is 3.21. The Kier molecular flexibility index (Phi) is 6.00. The zero-order valence-corrected chi connectivity index (χ0v) is 18.1. The fraction of sp³-hybridized carbons (Fsp3) is 0.125. The second-order valence-corrected chi connectivity index (χ2v) is 7.18. The molecule has 6 nitrogen and oxygen atoms in total. The summed E-state index contributed by atoms with van der Waals surface area (Å²) >= 11 is 6.37. The second-order valence-electron chi connectivity index (χ2n) is 6.77. The number of methoxy groups -OCH3 is 2. The number of hydrogen-bond acceptors (Lipinski definition) is 6. The normalized spacial score (nSPS) is 11.4. The molecule has 0 aliphatic heterocycles. The molecule has 0 aliphatic rings. The van der Waals surface area contributed by atoms with Crippen LogP contribution in [0.5, 0.6) is 11.5 Å². The number of rotatable bonds is 6. The average Bonchev–Trinajstić information content (AvgIpc) is 2.81. The zero-order valence-electron chi connectivity index (χ0n) is 17.4. The van der Waals surface area contributed by atoms with E-state index in [0.717, 1.165) is 27.7 Å². The number of nitrogens with one attached hydrogen (secondary N) is 1. The minimum Gasteiger partial charge on any atom is -0.493 e. The molecule has 0 unspecified atom stereocenters. The van der Waals surface area contributed by atoms with Crippen molar-refractivity contribution in [1.82, 2.24) is 9.97 Å². The summed E-state index contributed by atoms with van der Waals surface area (Å²) < 4.78 is 10.7. The summed E-state index contributed by atoms with van der Waals surface area (Å²) in [6, 6.07) is 20.9. The Morgan fingerprint density at radius 1 is 0.903 bits per heavy atom. The van der Waals surface area contributed by atoms with Crippen molar-refractivity contribution in [3.63, 3.8) is 0 Å². The molecule has 0 amide bonds. The van der Waals surface area contributed by atoms with Gasteiger partial charge in [0.15, 0.2) is 23.1 Å². The topological polar surface area (TPSA) is 68.6 Å². The Morgan fingerprint density at radius 3 is 2.42 bits per heavy atom. The first-order chi connectivity index (χ1) is 15.1. The van der Waals surface area contributed by atoms with E-state index in [1.807, 2.05) is 73.7 Å². The monoisotopic (exact) mass is 432 g/mol. The smallest absolute Gasteiger partial charge is 0.163 e. The number of halogens is 1. The Bertz CT molecular complexity index is 1270. The summed E-state index contributed by atoms with van der Waals surface area (Å²) in [5.41, 5.74) is 6.33. The molecule has 0 saturated carbocycles. The quantitative estimate of drug-likeness (QED) is 0.308. The van der Waals surface area contributed by atoms with Crippen molar-refractivity contribution in [2.75, 3.05) is 19.6 Å². The maximum atomic E-state index is 6.37. The van der Waals surface area contributed by atoms with Crippen molar-refractivity contribution in [3.05, 3.63) is 77.3 Å². The molecule has 1 aromatic heterocycles. The molecule has 0 aliphatic carbocycles. The summed E-state index contributed by atoms with van der Waals surface area (Å²) in [6.45, 7) is 1.91. The van der Waals surface area contributed by atoms with Crippen LogP contribution in [0.25, 0.3) is 22.3 Å². The molecule has 1 N–H and O–H groups in total. The molecule has 156 valence electrons. The van der Waals surface area contributed by atoms with Crippen molar-refractivity contribution >= 4 is 34.0 Å². The van der Waals surface area contributed by atoms with Crippen LogP contribution in [0.1, 0.15) is 12.5 Å². The lowest BCUT2D eigenvalue weighted by atomic mass is 10.1. The molecule has 1 heterocycles. The molecule has 7 heteroatoms. The van der Waals surface area contributed by atoms with Crippen molar-refractivity contribution in [3.8, 4) is 22.9 Å². The van der Waals surface area contributed by atoms with Gasteiger partial charge in [0.25, 0.3) is 0 Å². The van der Waals surface area contributed by atoms with Gasteiger partial charge >= 0.3 is 0 Å². The first-order valence-corrected chi connectivity index (χ1v) is 10.0. The fourth-order valence-corrected chi connectivity index (χ4v) is 3.41. The third-order valence-corrected chi connectivity index (χ3v) is 5.18. The highest BCUT2D eigenvalue weighted by molar-refractivity contribution is 6.33. The minimum absolute atomic E-state index is 0.533. The van der Waals surface area contributed by atoms with Crippen LogP contribution in [0.2, 0.25) is 5.02 Å². The van der Waals surface area contributed by atoms with E-state index < -0.39 is 0 Å². The van der Waals surface area contributed by atoms with Gasteiger partial charge in [0.2, 0.25) is 0 Å². The lowest BCUT2D eigenvalue weighted by Crippen LogP contribution is -2.04. The number of benzene rings is 3. The highest BCUT2D eigenvalue weighted by Crippen LogP contribution is 2.30. The van der Waals surface area contributed by atoms with E-state index in [4.69, 9.17) is 26.1 Å². The fourth-order valence-electron chi connectivity index (χ4n) is 3.19. The lowest BCUT2D eigenvalue weighted by Gasteiger charge is -2.11. The van der Waals surface area contributed by atoms with Crippen molar-refractivity contribution in [2.45, 2.75) is 6.92 Å². The van der Waals surface area contributed by atoms with Gasteiger partial charge in [-0.2, -0.15) is 5.10 Å². The Morgan fingerprint density at radius 2 is 1.65 bits per heavy atom. The SMILES string of the molecule is COc1ccc(/C(C)=N\Nc2nc(-c3ccccc3Cl)nc3ccccc23)cc1OC. The van der Waals surface area contributed by atoms with E-state index in [-0.39, 0.29) is 0 Å². The molecule has 0 bridgehead atoms. The zero-order chi connectivity index (χ0) is 21.8. The van der Waals surface area contributed by atoms with Crippen molar-refractivity contribution in [1.29, 1.82) is 0 Å². The van der Waals surface area contributed by atoms with Gasteiger partial charge in [-0.15, -0.1) is 0 Å². The van der Waals surface area contributed by atoms with Crippen LogP contribution in [0.15, 0.2) is 71.8 Å². The van der Waals surface area contributed by atoms with Crippen LogP contribution in [-0.2, 0) is 0 Å². The maximum Gasteiger partial charge on any atom is 0.163 e. The molecule has 0 saturated heterocycles. The predicted octanol–water partition coefficient (Wildman–Crippen LogP) is 5.80. The van der Waals surface area contributed by atoms with Crippen LogP contribution >= 0.6 is 11.6 Å². The third-order valence-electron chi connectivity index (χ3n) is 4.85. The first kappa shape index (κ1) is 20.6. The predicted molar refractivity (Wildman–Crippen MR) is 125 cm³/mol. The summed E-state index contributed by atoms with van der Waals surface area (Å²) in [6.07, 6.45) is 0. The van der Waals surface area contributed by atoms with Gasteiger partial charge < -0.3 is 9.47 Å². The Hall–Kier alpha value is -3.64. The molecule has 31 heavy (non-hydrogen) atoms. The second kappa shape index (κ2) is 9.02. The molecule has 4 rings (SSSR count). The van der Waals surface area contributed by atoms with Crippen LogP contribution in [0.3, 0.4) is 0 Å². The Balaban J connectivity index is 1.73. The van der Waals surface area contributed by atoms with Gasteiger partial charge in [-0.25, -0.2) is 9.97 Å². The third kappa shape index (κ3) is 4.29. The molecular weight excluding hydrogens is 412 g/mol. The Labute approximate surface area is 185 Å². The number of fused-ring (bicyclic) bond motifs is 1. The highest BCUT2D eigenvalue weighted by Gasteiger charge is 2.12. The van der Waals surface area contributed by atoms with E-state index in [9.17, 15) is 0 Å². The maximum absolute atomic E-state index is 6.37. The van der Waals surface area contributed by atoms with Crippen molar-refractivity contribution < 1.29 is 9.47 Å². The number of anilines is 1. The molecular formula is C24H21ClN4O2. The number of hydrazone groups is 1. The van der Waals surface area contributed by atoms with Crippen LogP contribution < -0.4 is 14.9 Å². The van der Waals surface area contributed by atoms with Gasteiger partial charge in [0.1, 0.15) is 0 Å². The highest BCUT2D eigenvalue weighted by atomic mass is 35.5. The van der Waals surface area contributed by atoms with E-state index in [0.29, 0.717) is 28.2 Å². The molecule has 4 aromatic rings. The van der Waals surface area contributed by atoms with Gasteiger partial charge in [-0.1, -0.05) is 35.9 Å². The van der Waals surface area contributed by atoms with E-state index in [1.54, 1.807) is 14.2 Å². The van der Waals surface area contributed by atoms with Crippen LogP contribution in [-0.4, -0.2) is 29.9 Å². The molecule has 0 fully saturated rings. The van der Waals surface area contributed by atoms with Gasteiger partial charge in [0.05, 0.1) is 30.5 Å². The number of hydrogen-bond donors (Lipinski definition) is 1.